The van der Waals surface area contributed by atoms with Crippen LogP contribution in [0.3, 0.4) is 0 Å². The standard InChI is InChI=1S/C18H30O2Si/c1-14(2)17(20-21(6,7)18(3,4)5)13-16(19)15-11-9-8-10-12-15/h8-12,16,19H,13H2,1-7H3. The molecule has 0 radical (unpaired) electrons. The molecule has 1 atom stereocenters. The van der Waals surface area contributed by atoms with Crippen molar-refractivity contribution >= 4 is 8.32 Å². The maximum Gasteiger partial charge on any atom is 0.250 e. The van der Waals surface area contributed by atoms with E-state index < -0.39 is 14.4 Å². The van der Waals surface area contributed by atoms with Gasteiger partial charge in [-0.3, -0.25) is 0 Å². The molecule has 0 amide bonds. The SMILES string of the molecule is CC(C)=C(CC(O)c1ccccc1)O[Si](C)(C)C(C)(C)C. The molecule has 0 aliphatic heterocycles. The van der Waals surface area contributed by atoms with Crippen molar-refractivity contribution in [2.24, 2.45) is 0 Å². The Morgan fingerprint density at radius 1 is 1.14 bits per heavy atom. The molecule has 1 aromatic carbocycles. The summed E-state index contributed by atoms with van der Waals surface area (Å²) < 4.78 is 6.41. The van der Waals surface area contributed by atoms with Crippen molar-refractivity contribution in [3.8, 4) is 0 Å². The van der Waals surface area contributed by atoms with Gasteiger partial charge in [-0.1, -0.05) is 51.1 Å². The van der Waals surface area contributed by atoms with Gasteiger partial charge in [0, 0.05) is 6.42 Å². The summed E-state index contributed by atoms with van der Waals surface area (Å²) in [5.74, 6) is 0.943. The minimum atomic E-state index is -1.87. The summed E-state index contributed by atoms with van der Waals surface area (Å²) in [4.78, 5) is 0. The minimum absolute atomic E-state index is 0.158. The average molecular weight is 307 g/mol. The lowest BCUT2D eigenvalue weighted by Gasteiger charge is -2.38. The van der Waals surface area contributed by atoms with E-state index in [4.69, 9.17) is 4.43 Å². The third kappa shape index (κ3) is 5.01. The van der Waals surface area contributed by atoms with Crippen molar-refractivity contribution in [2.45, 2.75) is 65.3 Å². The third-order valence-corrected chi connectivity index (χ3v) is 8.67. The highest BCUT2D eigenvalue weighted by Gasteiger charge is 2.39. The van der Waals surface area contributed by atoms with E-state index in [1.165, 1.54) is 0 Å². The summed E-state index contributed by atoms with van der Waals surface area (Å²) in [6.07, 6.45) is 0.0274. The molecule has 0 aliphatic carbocycles. The van der Waals surface area contributed by atoms with Crippen LogP contribution in [0.5, 0.6) is 0 Å². The average Bonchev–Trinajstić information content (AvgIpc) is 2.37. The minimum Gasteiger partial charge on any atom is -0.546 e. The van der Waals surface area contributed by atoms with Crippen molar-refractivity contribution in [3.05, 3.63) is 47.2 Å². The molecule has 21 heavy (non-hydrogen) atoms. The molecule has 0 spiro atoms. The molecular formula is C18H30O2Si. The molecule has 0 saturated heterocycles. The van der Waals surface area contributed by atoms with Gasteiger partial charge in [-0.25, -0.2) is 0 Å². The van der Waals surface area contributed by atoms with Crippen LogP contribution < -0.4 is 0 Å². The highest BCUT2D eigenvalue weighted by molar-refractivity contribution is 6.74. The first-order chi connectivity index (χ1) is 9.54. The van der Waals surface area contributed by atoms with Gasteiger partial charge in [-0.05, 0) is 43.1 Å². The van der Waals surface area contributed by atoms with Gasteiger partial charge < -0.3 is 9.53 Å². The Hall–Kier alpha value is -1.06. The fraction of sp³-hybridized carbons (Fsp3) is 0.556. The molecule has 0 fully saturated rings. The number of hydrogen-bond acceptors (Lipinski definition) is 2. The molecule has 0 aliphatic rings. The number of aliphatic hydroxyl groups is 1. The second kappa shape index (κ2) is 6.80. The van der Waals surface area contributed by atoms with Crippen molar-refractivity contribution in [2.75, 3.05) is 0 Å². The number of allylic oxidation sites excluding steroid dienone is 1. The molecule has 118 valence electrons. The molecular weight excluding hydrogens is 276 g/mol. The second-order valence-electron chi connectivity index (χ2n) is 7.42. The molecule has 1 unspecified atom stereocenters. The zero-order chi connectivity index (χ0) is 16.3. The topological polar surface area (TPSA) is 29.5 Å². The highest BCUT2D eigenvalue weighted by atomic mass is 28.4. The lowest BCUT2D eigenvalue weighted by atomic mass is 10.0. The molecule has 0 heterocycles. The van der Waals surface area contributed by atoms with E-state index >= 15 is 0 Å². The first-order valence-electron chi connectivity index (χ1n) is 7.63. The van der Waals surface area contributed by atoms with Gasteiger partial charge in [0.15, 0.2) is 0 Å². The summed E-state index contributed by atoms with van der Waals surface area (Å²) in [5.41, 5.74) is 2.09. The highest BCUT2D eigenvalue weighted by Crippen LogP contribution is 2.39. The Morgan fingerprint density at radius 2 is 1.67 bits per heavy atom. The molecule has 1 aromatic rings. The third-order valence-electron chi connectivity index (χ3n) is 4.31. The summed E-state index contributed by atoms with van der Waals surface area (Å²) in [6, 6.07) is 9.79. The van der Waals surface area contributed by atoms with E-state index in [9.17, 15) is 5.11 Å². The van der Waals surface area contributed by atoms with Gasteiger partial charge in [-0.2, -0.15) is 0 Å². The van der Waals surface area contributed by atoms with Gasteiger partial charge in [0.2, 0.25) is 8.32 Å². The summed E-state index contributed by atoms with van der Waals surface area (Å²) >= 11 is 0. The molecule has 0 aromatic heterocycles. The Balaban J connectivity index is 2.89. The fourth-order valence-electron chi connectivity index (χ4n) is 1.78. The van der Waals surface area contributed by atoms with Crippen LogP contribution in [-0.2, 0) is 4.43 Å². The monoisotopic (exact) mass is 306 g/mol. The first kappa shape index (κ1) is 18.0. The first-order valence-corrected chi connectivity index (χ1v) is 10.5. The van der Waals surface area contributed by atoms with Crippen molar-refractivity contribution in [1.82, 2.24) is 0 Å². The van der Waals surface area contributed by atoms with E-state index in [0.29, 0.717) is 6.42 Å². The van der Waals surface area contributed by atoms with Gasteiger partial charge in [0.05, 0.1) is 11.9 Å². The second-order valence-corrected chi connectivity index (χ2v) is 12.1. The van der Waals surface area contributed by atoms with Crippen LogP contribution in [-0.4, -0.2) is 13.4 Å². The van der Waals surface area contributed by atoms with E-state index in [1.54, 1.807) is 0 Å². The van der Waals surface area contributed by atoms with E-state index in [-0.39, 0.29) is 5.04 Å². The van der Waals surface area contributed by atoms with E-state index in [0.717, 1.165) is 16.9 Å². The zero-order valence-electron chi connectivity index (χ0n) is 14.5. The molecule has 1 rings (SSSR count). The number of hydrogen-bond donors (Lipinski definition) is 1. The van der Waals surface area contributed by atoms with Crippen LogP contribution in [0.1, 0.15) is 52.7 Å². The van der Waals surface area contributed by atoms with Gasteiger partial charge in [0.1, 0.15) is 0 Å². The van der Waals surface area contributed by atoms with Crippen molar-refractivity contribution in [3.63, 3.8) is 0 Å². The Bertz CT molecular complexity index is 480. The van der Waals surface area contributed by atoms with Gasteiger partial charge >= 0.3 is 0 Å². The van der Waals surface area contributed by atoms with Crippen LogP contribution >= 0.6 is 0 Å². The normalized spacial score (nSPS) is 13.7. The van der Waals surface area contributed by atoms with Crippen LogP contribution in [0.4, 0.5) is 0 Å². The molecule has 2 nitrogen and oxygen atoms in total. The van der Waals surface area contributed by atoms with Crippen LogP contribution in [0.2, 0.25) is 18.1 Å². The van der Waals surface area contributed by atoms with E-state index in [1.807, 2.05) is 30.3 Å². The molecule has 0 bridgehead atoms. The van der Waals surface area contributed by atoms with Crippen LogP contribution in [0.25, 0.3) is 0 Å². The fourth-order valence-corrected chi connectivity index (χ4v) is 2.99. The summed E-state index contributed by atoms with van der Waals surface area (Å²) in [7, 11) is -1.87. The number of benzene rings is 1. The Morgan fingerprint density at radius 3 is 2.10 bits per heavy atom. The van der Waals surface area contributed by atoms with E-state index in [2.05, 4.69) is 47.7 Å². The van der Waals surface area contributed by atoms with Gasteiger partial charge in [0.25, 0.3) is 0 Å². The smallest absolute Gasteiger partial charge is 0.250 e. The zero-order valence-corrected chi connectivity index (χ0v) is 15.5. The van der Waals surface area contributed by atoms with Gasteiger partial charge in [-0.15, -0.1) is 0 Å². The lowest BCUT2D eigenvalue weighted by Crippen LogP contribution is -2.40. The molecule has 3 heteroatoms. The summed E-state index contributed by atoms with van der Waals surface area (Å²) in [6.45, 7) is 15.3. The maximum absolute atomic E-state index is 10.4. The predicted octanol–water partition coefficient (Wildman–Crippen LogP) is 5.43. The largest absolute Gasteiger partial charge is 0.546 e. The predicted molar refractivity (Wildman–Crippen MR) is 92.7 cm³/mol. The van der Waals surface area contributed by atoms with Crippen molar-refractivity contribution in [1.29, 1.82) is 0 Å². The van der Waals surface area contributed by atoms with Crippen LogP contribution in [0, 0.1) is 0 Å². The number of aliphatic hydroxyl groups excluding tert-OH is 1. The van der Waals surface area contributed by atoms with Crippen LogP contribution in [0.15, 0.2) is 41.7 Å². The Labute approximate surface area is 131 Å². The van der Waals surface area contributed by atoms with Crippen molar-refractivity contribution < 1.29 is 9.53 Å². The lowest BCUT2D eigenvalue weighted by molar-refractivity contribution is 0.160. The summed E-state index contributed by atoms with van der Waals surface area (Å²) in [5, 5.41) is 10.6. The molecule has 0 saturated carbocycles. The maximum atomic E-state index is 10.4. The number of rotatable bonds is 5. The molecule has 1 N–H and O–H groups in total. The quantitative estimate of drug-likeness (QED) is 0.581. The Kier molecular flexibility index (Phi) is 5.82.